The highest BCUT2D eigenvalue weighted by molar-refractivity contribution is 7.99. The van der Waals surface area contributed by atoms with Crippen LogP contribution in [0.4, 0.5) is 5.82 Å². The number of aromatic nitrogens is 4. The van der Waals surface area contributed by atoms with E-state index >= 15 is 0 Å². The summed E-state index contributed by atoms with van der Waals surface area (Å²) in [7, 11) is 1.89. The first-order chi connectivity index (χ1) is 9.67. The number of anilines is 1. The Bertz CT molecular complexity index is 622. The maximum atomic E-state index is 4.69. The third kappa shape index (κ3) is 2.75. The van der Waals surface area contributed by atoms with E-state index in [1.807, 2.05) is 33.3 Å². The topological polar surface area (TPSA) is 63.6 Å². The van der Waals surface area contributed by atoms with Gasteiger partial charge in [0.05, 0.1) is 0 Å². The molecule has 1 fully saturated rings. The molecule has 0 aromatic carbocycles. The van der Waals surface area contributed by atoms with Crippen LogP contribution in [0.15, 0.2) is 22.6 Å². The van der Waals surface area contributed by atoms with Gasteiger partial charge in [-0.1, -0.05) is 0 Å². The molecule has 1 aliphatic rings. The van der Waals surface area contributed by atoms with E-state index in [9.17, 15) is 0 Å². The first kappa shape index (κ1) is 13.3. The molecule has 1 N–H and O–H groups in total. The van der Waals surface area contributed by atoms with E-state index in [0.29, 0.717) is 5.92 Å². The maximum Gasteiger partial charge on any atom is 0.193 e. The number of hydrogen-bond acceptors (Lipinski definition) is 6. The summed E-state index contributed by atoms with van der Waals surface area (Å²) in [4.78, 5) is 17.9. The lowest BCUT2D eigenvalue weighted by Crippen LogP contribution is -2.04. The predicted octanol–water partition coefficient (Wildman–Crippen LogP) is 2.95. The van der Waals surface area contributed by atoms with Crippen molar-refractivity contribution in [2.24, 2.45) is 0 Å². The number of aryl methyl sites for hydroxylation is 1. The van der Waals surface area contributed by atoms with Crippen LogP contribution in [0.5, 0.6) is 0 Å². The summed E-state index contributed by atoms with van der Waals surface area (Å²) in [5, 5.41) is 4.81. The number of hydrogen-bond donors (Lipinski definition) is 1. The van der Waals surface area contributed by atoms with E-state index in [2.05, 4.69) is 20.3 Å². The predicted molar refractivity (Wildman–Crippen MR) is 79.2 cm³/mol. The Hall–Kier alpha value is -1.69. The Labute approximate surface area is 122 Å². The largest absolute Gasteiger partial charge is 0.373 e. The minimum atomic E-state index is 0.529. The molecule has 104 valence electrons. The Kier molecular flexibility index (Phi) is 3.56. The molecule has 0 aliphatic heterocycles. The molecular formula is C14H17N5S. The van der Waals surface area contributed by atoms with Crippen LogP contribution in [-0.4, -0.2) is 27.0 Å². The normalized spacial score (nSPS) is 14.3. The summed E-state index contributed by atoms with van der Waals surface area (Å²) in [6.07, 6.45) is 6.04. The highest BCUT2D eigenvalue weighted by Gasteiger charge is 2.28. The van der Waals surface area contributed by atoms with Crippen molar-refractivity contribution < 1.29 is 0 Å². The molecule has 0 unspecified atom stereocenters. The Balaban J connectivity index is 1.94. The van der Waals surface area contributed by atoms with E-state index in [1.54, 1.807) is 0 Å². The first-order valence-electron chi connectivity index (χ1n) is 6.70. The second-order valence-electron chi connectivity index (χ2n) is 5.03. The van der Waals surface area contributed by atoms with E-state index < -0.39 is 0 Å². The van der Waals surface area contributed by atoms with Gasteiger partial charge in [-0.3, -0.25) is 0 Å². The van der Waals surface area contributed by atoms with Crippen molar-refractivity contribution in [1.29, 1.82) is 0 Å². The van der Waals surface area contributed by atoms with Gasteiger partial charge >= 0.3 is 0 Å². The smallest absolute Gasteiger partial charge is 0.193 e. The molecule has 3 rings (SSSR count). The van der Waals surface area contributed by atoms with Crippen molar-refractivity contribution in [2.45, 2.75) is 42.8 Å². The van der Waals surface area contributed by atoms with Crippen molar-refractivity contribution in [1.82, 2.24) is 19.9 Å². The van der Waals surface area contributed by atoms with Crippen molar-refractivity contribution in [3.8, 4) is 0 Å². The fourth-order valence-electron chi connectivity index (χ4n) is 1.90. The van der Waals surface area contributed by atoms with Gasteiger partial charge in [-0.05, 0) is 44.0 Å². The molecular weight excluding hydrogens is 270 g/mol. The molecule has 6 heteroatoms. The van der Waals surface area contributed by atoms with Crippen molar-refractivity contribution in [3.63, 3.8) is 0 Å². The van der Waals surface area contributed by atoms with Crippen LogP contribution in [0.25, 0.3) is 0 Å². The van der Waals surface area contributed by atoms with Crippen molar-refractivity contribution >= 4 is 17.6 Å². The van der Waals surface area contributed by atoms with Crippen molar-refractivity contribution in [3.05, 3.63) is 29.3 Å². The number of rotatable bonds is 4. The van der Waals surface area contributed by atoms with E-state index in [-0.39, 0.29) is 0 Å². The molecule has 1 saturated carbocycles. The second-order valence-corrected chi connectivity index (χ2v) is 5.99. The highest BCUT2D eigenvalue weighted by atomic mass is 32.2. The van der Waals surface area contributed by atoms with Gasteiger partial charge < -0.3 is 5.32 Å². The third-order valence-corrected chi connectivity index (χ3v) is 4.23. The SMILES string of the molecule is CNc1nc(C2CC2)nc(Sc2ncc(C)cn2)c1C. The van der Waals surface area contributed by atoms with Gasteiger partial charge in [-0.15, -0.1) is 0 Å². The van der Waals surface area contributed by atoms with Crippen molar-refractivity contribution in [2.75, 3.05) is 12.4 Å². The quantitative estimate of drug-likeness (QED) is 0.689. The molecule has 5 nitrogen and oxygen atoms in total. The summed E-state index contributed by atoms with van der Waals surface area (Å²) in [6, 6.07) is 0. The van der Waals surface area contributed by atoms with Crippen LogP contribution in [0.3, 0.4) is 0 Å². The molecule has 2 aromatic rings. The zero-order valence-corrected chi connectivity index (χ0v) is 12.7. The summed E-state index contributed by atoms with van der Waals surface area (Å²) < 4.78 is 0. The van der Waals surface area contributed by atoms with Gasteiger partial charge in [0.1, 0.15) is 16.7 Å². The van der Waals surface area contributed by atoms with E-state index in [4.69, 9.17) is 4.98 Å². The zero-order chi connectivity index (χ0) is 14.1. The van der Waals surface area contributed by atoms with Gasteiger partial charge in [0.15, 0.2) is 5.16 Å². The van der Waals surface area contributed by atoms with E-state index in [1.165, 1.54) is 24.6 Å². The van der Waals surface area contributed by atoms with Crippen LogP contribution in [0.2, 0.25) is 0 Å². The molecule has 0 saturated heterocycles. The van der Waals surface area contributed by atoms with Crippen LogP contribution in [0.1, 0.15) is 35.7 Å². The lowest BCUT2D eigenvalue weighted by molar-refractivity contribution is 0.859. The lowest BCUT2D eigenvalue weighted by atomic mass is 10.3. The molecule has 0 atom stereocenters. The molecule has 2 aromatic heterocycles. The monoisotopic (exact) mass is 287 g/mol. The molecule has 1 aliphatic carbocycles. The Morgan fingerprint density at radius 2 is 1.85 bits per heavy atom. The standard InChI is InChI=1S/C14H17N5S/c1-8-6-16-14(17-7-8)20-13-9(2)11(15-3)18-12(19-13)10-4-5-10/h6-7,10H,4-5H2,1-3H3,(H,15,18,19). The Morgan fingerprint density at radius 3 is 2.45 bits per heavy atom. The highest BCUT2D eigenvalue weighted by Crippen LogP contribution is 2.40. The van der Waals surface area contributed by atoms with Gasteiger partial charge in [0.25, 0.3) is 0 Å². The second kappa shape index (κ2) is 5.36. The molecule has 2 heterocycles. The van der Waals surface area contributed by atoms with E-state index in [0.717, 1.165) is 33.0 Å². The summed E-state index contributed by atoms with van der Waals surface area (Å²) >= 11 is 1.50. The summed E-state index contributed by atoms with van der Waals surface area (Å²) in [5.41, 5.74) is 2.11. The van der Waals surface area contributed by atoms with Gasteiger partial charge in [-0.25, -0.2) is 19.9 Å². The molecule has 0 radical (unpaired) electrons. The van der Waals surface area contributed by atoms with Gasteiger partial charge in [0, 0.05) is 30.9 Å². The fourth-order valence-corrected chi connectivity index (χ4v) is 2.67. The maximum absolute atomic E-state index is 4.69. The first-order valence-corrected chi connectivity index (χ1v) is 7.52. The van der Waals surface area contributed by atoms with Gasteiger partial charge in [0.2, 0.25) is 0 Å². The molecule has 0 spiro atoms. The molecule has 20 heavy (non-hydrogen) atoms. The average Bonchev–Trinajstić information content (AvgIpc) is 3.28. The minimum absolute atomic E-state index is 0.529. The summed E-state index contributed by atoms with van der Waals surface area (Å²) in [5.74, 6) is 2.37. The fraction of sp³-hybridized carbons (Fsp3) is 0.429. The number of nitrogens with zero attached hydrogens (tertiary/aromatic N) is 4. The van der Waals surface area contributed by atoms with Crippen LogP contribution >= 0.6 is 11.8 Å². The zero-order valence-electron chi connectivity index (χ0n) is 11.8. The molecule has 0 bridgehead atoms. The average molecular weight is 287 g/mol. The Morgan fingerprint density at radius 1 is 1.15 bits per heavy atom. The van der Waals surface area contributed by atoms with Crippen LogP contribution in [0, 0.1) is 13.8 Å². The number of nitrogens with one attached hydrogen (secondary N) is 1. The lowest BCUT2D eigenvalue weighted by Gasteiger charge is -2.11. The van der Waals surface area contributed by atoms with Crippen LogP contribution < -0.4 is 5.32 Å². The molecule has 0 amide bonds. The third-order valence-electron chi connectivity index (χ3n) is 3.24. The van der Waals surface area contributed by atoms with Gasteiger partial charge in [-0.2, -0.15) is 0 Å². The summed E-state index contributed by atoms with van der Waals surface area (Å²) in [6.45, 7) is 4.01. The van der Waals surface area contributed by atoms with Crippen LogP contribution in [-0.2, 0) is 0 Å². The minimum Gasteiger partial charge on any atom is -0.373 e.